The molecule has 1 N–H and O–H groups in total. The molecule has 1 aliphatic heterocycles. The fourth-order valence-electron chi connectivity index (χ4n) is 1.32. The molecule has 0 atom stereocenters. The second-order valence-electron chi connectivity index (χ2n) is 3.14. The zero-order valence-electron chi connectivity index (χ0n) is 8.01. The summed E-state index contributed by atoms with van der Waals surface area (Å²) in [5.41, 5.74) is 0. The van der Waals surface area contributed by atoms with Crippen molar-refractivity contribution in [2.75, 3.05) is 0 Å². The summed E-state index contributed by atoms with van der Waals surface area (Å²) in [6.07, 6.45) is 0.796. The van der Waals surface area contributed by atoms with E-state index in [1.54, 1.807) is 18.2 Å². The predicted molar refractivity (Wildman–Crippen MR) is 54.9 cm³/mol. The molecule has 1 aromatic rings. The summed E-state index contributed by atoms with van der Waals surface area (Å²) >= 11 is 0. The first-order valence-electron chi connectivity index (χ1n) is 4.39. The smallest absolute Gasteiger partial charge is 0.270 e. The van der Waals surface area contributed by atoms with Crippen molar-refractivity contribution in [1.29, 1.82) is 0 Å². The monoisotopic (exact) mass is 237 g/mol. The Morgan fingerprint density at radius 3 is 2.12 bits per heavy atom. The third-order valence-electron chi connectivity index (χ3n) is 2.07. The number of benzene rings is 1. The average Bonchev–Trinajstić information content (AvgIpc) is 2.60. The molecule has 5 nitrogen and oxygen atoms in total. The molecule has 1 aliphatic rings. The molecule has 16 heavy (non-hydrogen) atoms. The largest absolute Gasteiger partial charge is 0.288 e. The maximum absolute atomic E-state index is 11.9. The highest BCUT2D eigenvalue weighted by Crippen LogP contribution is 2.20. The second kappa shape index (κ2) is 3.57. The van der Waals surface area contributed by atoms with Gasteiger partial charge < -0.3 is 0 Å². The highest BCUT2D eigenvalue weighted by atomic mass is 32.2. The number of nitrogens with one attached hydrogen (secondary N) is 1. The van der Waals surface area contributed by atoms with Crippen LogP contribution in [0.3, 0.4) is 0 Å². The number of sulfone groups is 1. The summed E-state index contributed by atoms with van der Waals surface area (Å²) in [6, 6.07) is 7.48. The molecule has 0 radical (unpaired) electrons. The van der Waals surface area contributed by atoms with Gasteiger partial charge in [-0.05, 0) is 12.1 Å². The van der Waals surface area contributed by atoms with Crippen molar-refractivity contribution in [3.63, 3.8) is 0 Å². The summed E-state index contributed by atoms with van der Waals surface area (Å²) in [5.74, 6) is -1.59. The first kappa shape index (κ1) is 10.6. The average molecular weight is 237 g/mol. The van der Waals surface area contributed by atoms with Crippen molar-refractivity contribution >= 4 is 21.7 Å². The van der Waals surface area contributed by atoms with Gasteiger partial charge in [-0.3, -0.25) is 14.9 Å². The Balaban J connectivity index is 2.53. The molecule has 0 saturated carbocycles. The molecule has 0 unspecified atom stereocenters. The number of amides is 2. The van der Waals surface area contributed by atoms with E-state index in [0.29, 0.717) is 0 Å². The lowest BCUT2D eigenvalue weighted by molar-refractivity contribution is -0.123. The van der Waals surface area contributed by atoms with Crippen LogP contribution >= 0.6 is 0 Å². The van der Waals surface area contributed by atoms with Gasteiger partial charge >= 0.3 is 0 Å². The summed E-state index contributed by atoms with van der Waals surface area (Å²) in [4.78, 5) is 21.6. The maximum atomic E-state index is 11.9. The molecule has 0 aromatic heterocycles. The molecular weight excluding hydrogens is 230 g/mol. The molecule has 1 aromatic carbocycles. The second-order valence-corrected chi connectivity index (χ2v) is 5.06. The molecule has 0 fully saturated rings. The molecule has 2 amide bonds. The number of hydrogen-bond donors (Lipinski definition) is 1. The van der Waals surface area contributed by atoms with E-state index < -0.39 is 26.6 Å². The van der Waals surface area contributed by atoms with Gasteiger partial charge in [-0.2, -0.15) is 0 Å². The predicted octanol–water partition coefficient (Wildman–Crippen LogP) is 0.000600. The van der Waals surface area contributed by atoms with Crippen LogP contribution in [0.4, 0.5) is 0 Å². The Kier molecular flexibility index (Phi) is 2.35. The van der Waals surface area contributed by atoms with Crippen molar-refractivity contribution in [2.45, 2.75) is 4.90 Å². The van der Waals surface area contributed by atoms with Crippen LogP contribution in [0.1, 0.15) is 0 Å². The van der Waals surface area contributed by atoms with Gasteiger partial charge in [0.05, 0.1) is 4.90 Å². The topological polar surface area (TPSA) is 80.3 Å². The number of rotatable bonds is 2. The minimum atomic E-state index is -3.89. The van der Waals surface area contributed by atoms with Crippen LogP contribution in [0.2, 0.25) is 0 Å². The van der Waals surface area contributed by atoms with Gasteiger partial charge in [0.25, 0.3) is 11.8 Å². The maximum Gasteiger partial charge on any atom is 0.270 e. The van der Waals surface area contributed by atoms with Crippen molar-refractivity contribution in [2.24, 2.45) is 0 Å². The fourth-order valence-corrected chi connectivity index (χ4v) is 2.65. The first-order chi connectivity index (χ1) is 7.51. The Morgan fingerprint density at radius 2 is 1.62 bits per heavy atom. The van der Waals surface area contributed by atoms with Crippen molar-refractivity contribution in [3.8, 4) is 0 Å². The van der Waals surface area contributed by atoms with E-state index in [-0.39, 0.29) is 4.90 Å². The van der Waals surface area contributed by atoms with E-state index in [2.05, 4.69) is 0 Å². The third-order valence-corrected chi connectivity index (χ3v) is 3.84. The van der Waals surface area contributed by atoms with Crippen LogP contribution in [-0.2, 0) is 19.4 Å². The highest BCUT2D eigenvalue weighted by molar-refractivity contribution is 7.96. The fraction of sp³-hybridized carbons (Fsp3) is 0. The van der Waals surface area contributed by atoms with Crippen molar-refractivity contribution < 1.29 is 18.0 Å². The van der Waals surface area contributed by atoms with Gasteiger partial charge in [0, 0.05) is 6.08 Å². The van der Waals surface area contributed by atoms with E-state index >= 15 is 0 Å². The molecule has 1 heterocycles. The summed E-state index contributed by atoms with van der Waals surface area (Å²) < 4.78 is 23.8. The van der Waals surface area contributed by atoms with E-state index in [0.717, 1.165) is 6.08 Å². The van der Waals surface area contributed by atoms with Crippen molar-refractivity contribution in [3.05, 3.63) is 41.3 Å². The molecule has 0 aliphatic carbocycles. The van der Waals surface area contributed by atoms with Crippen molar-refractivity contribution in [1.82, 2.24) is 5.32 Å². The van der Waals surface area contributed by atoms with Crippen LogP contribution in [0.25, 0.3) is 0 Å². The SMILES string of the molecule is O=C1C=C(S(=O)(=O)c2ccccc2)C(=O)N1. The molecule has 0 bridgehead atoms. The lowest BCUT2D eigenvalue weighted by atomic mass is 10.4. The van der Waals surface area contributed by atoms with Gasteiger partial charge in [0.1, 0.15) is 4.91 Å². The van der Waals surface area contributed by atoms with E-state index in [9.17, 15) is 18.0 Å². The van der Waals surface area contributed by atoms with Crippen LogP contribution in [0.15, 0.2) is 46.2 Å². The number of imide groups is 1. The van der Waals surface area contributed by atoms with Crippen LogP contribution < -0.4 is 5.32 Å². The zero-order chi connectivity index (χ0) is 11.8. The quantitative estimate of drug-likeness (QED) is 0.734. The first-order valence-corrected chi connectivity index (χ1v) is 5.87. The molecule has 2 rings (SSSR count). The van der Waals surface area contributed by atoms with E-state index in [1.165, 1.54) is 12.1 Å². The Morgan fingerprint density at radius 1 is 1.00 bits per heavy atom. The molecule has 0 saturated heterocycles. The third kappa shape index (κ3) is 1.63. The van der Waals surface area contributed by atoms with Crippen LogP contribution in [-0.4, -0.2) is 20.2 Å². The summed E-state index contributed by atoms with van der Waals surface area (Å²) in [7, 11) is -3.89. The van der Waals surface area contributed by atoms with E-state index in [1.807, 2.05) is 5.32 Å². The number of carbonyl (C=O) groups is 2. The highest BCUT2D eigenvalue weighted by Gasteiger charge is 2.32. The molecule has 82 valence electrons. The standard InChI is InChI=1S/C10H7NO4S/c12-9-6-8(10(13)11-9)16(14,15)7-4-2-1-3-5-7/h1-6H,(H,11,12,13). The normalized spacial score (nSPS) is 15.9. The van der Waals surface area contributed by atoms with Crippen LogP contribution in [0, 0.1) is 0 Å². The minimum Gasteiger partial charge on any atom is -0.288 e. The van der Waals surface area contributed by atoms with Gasteiger partial charge in [-0.25, -0.2) is 8.42 Å². The molecular formula is C10H7NO4S. The number of carbonyl (C=O) groups excluding carboxylic acids is 2. The Labute approximate surface area is 91.7 Å². The molecule has 6 heteroatoms. The zero-order valence-corrected chi connectivity index (χ0v) is 8.82. The summed E-state index contributed by atoms with van der Waals surface area (Å²) in [6.45, 7) is 0. The van der Waals surface area contributed by atoms with Gasteiger partial charge in [0.2, 0.25) is 9.84 Å². The Bertz CT molecular complexity index is 587. The lowest BCUT2D eigenvalue weighted by Gasteiger charge is -2.02. The number of hydrogen-bond acceptors (Lipinski definition) is 4. The van der Waals surface area contributed by atoms with E-state index in [4.69, 9.17) is 0 Å². The van der Waals surface area contributed by atoms with Gasteiger partial charge in [0.15, 0.2) is 0 Å². The summed E-state index contributed by atoms with van der Waals surface area (Å²) in [5, 5.41) is 1.89. The molecule has 0 spiro atoms. The van der Waals surface area contributed by atoms with Gasteiger partial charge in [-0.15, -0.1) is 0 Å². The lowest BCUT2D eigenvalue weighted by Crippen LogP contribution is -2.24. The van der Waals surface area contributed by atoms with Crippen LogP contribution in [0.5, 0.6) is 0 Å². The Hall–Kier alpha value is -1.95. The minimum absolute atomic E-state index is 0.00824. The van der Waals surface area contributed by atoms with Gasteiger partial charge in [-0.1, -0.05) is 18.2 Å².